The summed E-state index contributed by atoms with van der Waals surface area (Å²) >= 11 is 0. The van der Waals surface area contributed by atoms with Gasteiger partial charge in [-0.05, 0) is 19.1 Å². The minimum atomic E-state index is -0.128. The maximum atomic E-state index is 11.9. The molecular formula is C15H20N4O. The Balaban J connectivity index is 1.88. The first-order valence-corrected chi connectivity index (χ1v) is 7.15. The molecule has 1 fully saturated rings. The minimum Gasteiger partial charge on any atom is -0.328 e. The van der Waals surface area contributed by atoms with E-state index in [1.54, 1.807) is 0 Å². The van der Waals surface area contributed by atoms with Gasteiger partial charge in [0.05, 0.1) is 10.9 Å². The summed E-state index contributed by atoms with van der Waals surface area (Å²) in [6.07, 6.45) is 0. The topological polar surface area (TPSA) is 50.2 Å². The van der Waals surface area contributed by atoms with Crippen LogP contribution in [0.4, 0.5) is 0 Å². The molecule has 0 spiro atoms. The predicted molar refractivity (Wildman–Crippen MR) is 80.0 cm³/mol. The van der Waals surface area contributed by atoms with Crippen molar-refractivity contribution in [3.05, 3.63) is 40.4 Å². The first-order valence-electron chi connectivity index (χ1n) is 7.15. The monoisotopic (exact) mass is 272 g/mol. The van der Waals surface area contributed by atoms with Crippen LogP contribution in [0, 0.1) is 6.92 Å². The highest BCUT2D eigenvalue weighted by atomic mass is 16.1. The van der Waals surface area contributed by atoms with E-state index in [1.807, 2.05) is 31.2 Å². The fraction of sp³-hybridized carbons (Fsp3) is 0.467. The van der Waals surface area contributed by atoms with E-state index in [-0.39, 0.29) is 5.56 Å². The molecule has 20 heavy (non-hydrogen) atoms. The lowest BCUT2D eigenvalue weighted by Gasteiger charge is -2.28. The molecule has 0 bridgehead atoms. The number of nitrogens with one attached hydrogen (secondary N) is 1. The molecule has 1 aromatic heterocycles. The first-order chi connectivity index (χ1) is 9.75. The minimum absolute atomic E-state index is 0.128. The Morgan fingerprint density at radius 1 is 1.20 bits per heavy atom. The zero-order valence-electron chi connectivity index (χ0n) is 11.8. The predicted octanol–water partition coefficient (Wildman–Crippen LogP) is 0.610. The first kappa shape index (κ1) is 13.3. The van der Waals surface area contributed by atoms with E-state index in [4.69, 9.17) is 0 Å². The molecule has 0 atom stereocenters. The lowest BCUT2D eigenvalue weighted by molar-refractivity contribution is 0.232. The molecule has 1 aliphatic heterocycles. The van der Waals surface area contributed by atoms with Gasteiger partial charge in [-0.1, -0.05) is 12.1 Å². The van der Waals surface area contributed by atoms with Crippen LogP contribution < -0.4 is 10.9 Å². The van der Waals surface area contributed by atoms with Crippen molar-refractivity contribution in [2.75, 3.05) is 32.7 Å². The largest absolute Gasteiger partial charge is 0.328 e. The molecule has 1 aliphatic rings. The number of piperazine rings is 1. The highest BCUT2D eigenvalue weighted by molar-refractivity contribution is 5.78. The van der Waals surface area contributed by atoms with Gasteiger partial charge in [0.2, 0.25) is 0 Å². The molecule has 0 amide bonds. The molecular weight excluding hydrogens is 252 g/mol. The second kappa shape index (κ2) is 5.73. The zero-order valence-corrected chi connectivity index (χ0v) is 11.8. The van der Waals surface area contributed by atoms with Crippen LogP contribution in [0.5, 0.6) is 0 Å². The highest BCUT2D eigenvalue weighted by Crippen LogP contribution is 2.11. The standard InChI is InChI=1S/C15H20N4O/c1-12-17-15(20)13-4-2-3-5-14(13)19(12)11-10-18-8-6-16-7-9-18/h2-5,16H,6-11H2,1H3. The van der Waals surface area contributed by atoms with E-state index in [1.165, 1.54) is 0 Å². The van der Waals surface area contributed by atoms with Crippen LogP contribution in [-0.4, -0.2) is 47.2 Å². The Morgan fingerprint density at radius 2 is 1.95 bits per heavy atom. The lowest BCUT2D eigenvalue weighted by atomic mass is 10.2. The van der Waals surface area contributed by atoms with Gasteiger partial charge in [0.15, 0.2) is 0 Å². The fourth-order valence-electron chi connectivity index (χ4n) is 2.79. The lowest BCUT2D eigenvalue weighted by Crippen LogP contribution is -2.44. The van der Waals surface area contributed by atoms with Crippen LogP contribution >= 0.6 is 0 Å². The molecule has 0 saturated carbocycles. The third-order valence-electron chi connectivity index (χ3n) is 3.93. The molecule has 106 valence electrons. The Morgan fingerprint density at radius 3 is 2.75 bits per heavy atom. The second-order valence-electron chi connectivity index (χ2n) is 5.22. The van der Waals surface area contributed by atoms with Crippen LogP contribution in [0.15, 0.2) is 29.1 Å². The summed E-state index contributed by atoms with van der Waals surface area (Å²) in [7, 11) is 0. The Bertz CT molecular complexity index is 658. The quantitative estimate of drug-likeness (QED) is 0.889. The van der Waals surface area contributed by atoms with Gasteiger partial charge in [0, 0.05) is 39.3 Å². The Kier molecular flexibility index (Phi) is 3.80. The summed E-state index contributed by atoms with van der Waals surface area (Å²) in [5, 5.41) is 4.07. The van der Waals surface area contributed by atoms with Gasteiger partial charge in [0.1, 0.15) is 5.82 Å². The third kappa shape index (κ3) is 2.59. The molecule has 0 aliphatic carbocycles. The number of benzene rings is 1. The molecule has 5 heteroatoms. The van der Waals surface area contributed by atoms with Crippen LogP contribution in [-0.2, 0) is 6.54 Å². The van der Waals surface area contributed by atoms with Crippen molar-refractivity contribution in [2.24, 2.45) is 0 Å². The van der Waals surface area contributed by atoms with Crippen LogP contribution in [0.25, 0.3) is 10.9 Å². The van der Waals surface area contributed by atoms with E-state index < -0.39 is 0 Å². The van der Waals surface area contributed by atoms with E-state index in [0.717, 1.165) is 50.6 Å². The molecule has 5 nitrogen and oxygen atoms in total. The van der Waals surface area contributed by atoms with Gasteiger partial charge in [-0.2, -0.15) is 4.98 Å². The van der Waals surface area contributed by atoms with Gasteiger partial charge < -0.3 is 9.88 Å². The Labute approximate surface area is 118 Å². The number of aryl methyl sites for hydroxylation is 1. The molecule has 1 saturated heterocycles. The molecule has 0 unspecified atom stereocenters. The van der Waals surface area contributed by atoms with E-state index in [2.05, 4.69) is 19.8 Å². The second-order valence-corrected chi connectivity index (χ2v) is 5.22. The van der Waals surface area contributed by atoms with Crippen molar-refractivity contribution >= 4 is 10.9 Å². The molecule has 1 N–H and O–H groups in total. The van der Waals surface area contributed by atoms with E-state index >= 15 is 0 Å². The van der Waals surface area contributed by atoms with Crippen LogP contribution in [0.2, 0.25) is 0 Å². The van der Waals surface area contributed by atoms with Crippen molar-refractivity contribution in [3.8, 4) is 0 Å². The fourth-order valence-corrected chi connectivity index (χ4v) is 2.79. The molecule has 1 aromatic carbocycles. The van der Waals surface area contributed by atoms with Crippen LogP contribution in [0.1, 0.15) is 5.82 Å². The SMILES string of the molecule is Cc1nc(=O)c2ccccc2n1CCN1CCNCC1. The number of hydrogen-bond acceptors (Lipinski definition) is 4. The smallest absolute Gasteiger partial charge is 0.280 e. The van der Waals surface area contributed by atoms with Crippen molar-refractivity contribution in [3.63, 3.8) is 0 Å². The molecule has 0 radical (unpaired) electrons. The summed E-state index contributed by atoms with van der Waals surface area (Å²) in [6, 6.07) is 7.72. The van der Waals surface area contributed by atoms with E-state index in [9.17, 15) is 4.79 Å². The summed E-state index contributed by atoms with van der Waals surface area (Å²) in [5.41, 5.74) is 0.858. The molecule has 2 aromatic rings. The van der Waals surface area contributed by atoms with E-state index in [0.29, 0.717) is 5.39 Å². The number of rotatable bonds is 3. The van der Waals surface area contributed by atoms with Gasteiger partial charge in [0.25, 0.3) is 5.56 Å². The molecule has 2 heterocycles. The van der Waals surface area contributed by atoms with Gasteiger partial charge in [-0.25, -0.2) is 0 Å². The summed E-state index contributed by atoms with van der Waals surface area (Å²) in [6.45, 7) is 8.07. The Hall–Kier alpha value is -1.72. The summed E-state index contributed by atoms with van der Waals surface area (Å²) < 4.78 is 2.15. The number of hydrogen-bond donors (Lipinski definition) is 1. The zero-order chi connectivity index (χ0) is 13.9. The average molecular weight is 272 g/mol. The number of aromatic nitrogens is 2. The van der Waals surface area contributed by atoms with Crippen molar-refractivity contribution in [1.29, 1.82) is 0 Å². The average Bonchev–Trinajstić information content (AvgIpc) is 2.48. The number of fused-ring (bicyclic) bond motifs is 1. The molecule has 3 rings (SSSR count). The maximum absolute atomic E-state index is 11.9. The number of para-hydroxylation sites is 1. The van der Waals surface area contributed by atoms with Crippen molar-refractivity contribution in [2.45, 2.75) is 13.5 Å². The third-order valence-corrected chi connectivity index (χ3v) is 3.93. The van der Waals surface area contributed by atoms with Gasteiger partial charge in [-0.3, -0.25) is 9.69 Å². The maximum Gasteiger partial charge on any atom is 0.280 e. The van der Waals surface area contributed by atoms with Crippen molar-refractivity contribution < 1.29 is 0 Å². The normalized spacial score (nSPS) is 16.6. The van der Waals surface area contributed by atoms with Crippen LogP contribution in [0.3, 0.4) is 0 Å². The van der Waals surface area contributed by atoms with Gasteiger partial charge in [-0.15, -0.1) is 0 Å². The summed E-state index contributed by atoms with van der Waals surface area (Å²) in [5.74, 6) is 0.795. The van der Waals surface area contributed by atoms with Gasteiger partial charge >= 0.3 is 0 Å². The highest BCUT2D eigenvalue weighted by Gasteiger charge is 2.11. The van der Waals surface area contributed by atoms with Crippen molar-refractivity contribution in [1.82, 2.24) is 19.8 Å². The number of nitrogens with zero attached hydrogens (tertiary/aromatic N) is 3. The summed E-state index contributed by atoms with van der Waals surface area (Å²) in [4.78, 5) is 18.5.